The predicted octanol–water partition coefficient (Wildman–Crippen LogP) is 2.45. The monoisotopic (exact) mass is 333 g/mol. The van der Waals surface area contributed by atoms with Crippen molar-refractivity contribution >= 4 is 23.2 Å². The van der Waals surface area contributed by atoms with E-state index in [2.05, 4.69) is 15.6 Å². The molecule has 0 radical (unpaired) electrons. The summed E-state index contributed by atoms with van der Waals surface area (Å²) in [5.41, 5.74) is 0.643. The number of nitrogens with zero attached hydrogens (tertiary/aromatic N) is 1. The van der Waals surface area contributed by atoms with Gasteiger partial charge in [0, 0.05) is 12.2 Å². The van der Waals surface area contributed by atoms with Gasteiger partial charge < -0.3 is 15.7 Å². The molecule has 1 amide bonds. The van der Waals surface area contributed by atoms with Crippen molar-refractivity contribution in [2.45, 2.75) is 44.3 Å². The third kappa shape index (κ3) is 4.78. The maximum absolute atomic E-state index is 12.2. The molecule has 0 atom stereocenters. The van der Waals surface area contributed by atoms with Crippen LogP contribution in [-0.4, -0.2) is 41.1 Å². The number of nitrogens with one attached hydrogen (secondary N) is 2. The van der Waals surface area contributed by atoms with E-state index in [1.807, 2.05) is 0 Å². The largest absolute Gasteiger partial charge is 0.393 e. The fourth-order valence-corrected chi connectivity index (χ4v) is 2.59. The third-order valence-electron chi connectivity index (χ3n) is 3.59. The number of aliphatic hydroxyl groups excluding tert-OH is 1. The van der Waals surface area contributed by atoms with Gasteiger partial charge in [0.15, 0.2) is 0 Å². The van der Waals surface area contributed by atoms with Gasteiger partial charge in [-0.3, -0.25) is 4.79 Å². The molecule has 0 aromatic carbocycles. The lowest BCUT2D eigenvalue weighted by Crippen LogP contribution is -2.32. The number of carbonyl (C=O) groups excluding carboxylic acids is 1. The Morgan fingerprint density at radius 2 is 2.09 bits per heavy atom. The molecule has 0 unspecified atom stereocenters. The third-order valence-corrected chi connectivity index (χ3v) is 3.80. The van der Waals surface area contributed by atoms with Gasteiger partial charge in [-0.1, -0.05) is 11.6 Å². The summed E-state index contributed by atoms with van der Waals surface area (Å²) in [5, 5.41) is 15.1. The number of halogens is 3. The smallest absolute Gasteiger partial charge is 0.255 e. The number of aliphatic hydroxyl groups is 1. The number of rotatable bonds is 5. The molecule has 3 N–H and O–H groups in total. The summed E-state index contributed by atoms with van der Waals surface area (Å²) in [4.78, 5) is 15.8. The molecule has 1 fully saturated rings. The lowest BCUT2D eigenvalue weighted by atomic mass is 9.93. The average Bonchev–Trinajstić information content (AvgIpc) is 2.47. The minimum absolute atomic E-state index is 0.100. The van der Waals surface area contributed by atoms with E-state index in [1.54, 1.807) is 0 Å². The minimum Gasteiger partial charge on any atom is -0.393 e. The first-order chi connectivity index (χ1) is 10.5. The van der Waals surface area contributed by atoms with Gasteiger partial charge in [-0.25, -0.2) is 13.8 Å². The molecule has 1 saturated carbocycles. The van der Waals surface area contributed by atoms with E-state index in [1.165, 1.54) is 12.3 Å². The lowest BCUT2D eigenvalue weighted by Gasteiger charge is -2.27. The molecule has 1 aliphatic carbocycles. The van der Waals surface area contributed by atoms with E-state index >= 15 is 0 Å². The van der Waals surface area contributed by atoms with Crippen LogP contribution in [0.25, 0.3) is 0 Å². The van der Waals surface area contributed by atoms with E-state index in [9.17, 15) is 18.7 Å². The standard InChI is InChI=1S/C14H18ClF2N3O2/c15-12-5-11(20-8-1-3-9(21)4-2-8)10(6-18-12)14(22)19-7-13(16)17/h5-6,8-9,13,21H,1-4,7H2,(H,18,20)(H,19,22). The van der Waals surface area contributed by atoms with Crippen molar-refractivity contribution in [2.24, 2.45) is 0 Å². The topological polar surface area (TPSA) is 74.2 Å². The molecule has 0 saturated heterocycles. The summed E-state index contributed by atoms with van der Waals surface area (Å²) >= 11 is 5.85. The van der Waals surface area contributed by atoms with E-state index in [-0.39, 0.29) is 22.9 Å². The second-order valence-electron chi connectivity index (χ2n) is 5.30. The fourth-order valence-electron chi connectivity index (χ4n) is 2.44. The highest BCUT2D eigenvalue weighted by Crippen LogP contribution is 2.25. The number of alkyl halides is 2. The van der Waals surface area contributed by atoms with Crippen LogP contribution in [0.3, 0.4) is 0 Å². The Balaban J connectivity index is 2.08. The van der Waals surface area contributed by atoms with Gasteiger partial charge in [0.25, 0.3) is 12.3 Å². The fraction of sp³-hybridized carbons (Fsp3) is 0.571. The van der Waals surface area contributed by atoms with Crippen molar-refractivity contribution in [1.29, 1.82) is 0 Å². The normalized spacial score (nSPS) is 21.7. The molecule has 1 aromatic rings. The summed E-state index contributed by atoms with van der Waals surface area (Å²) in [5.74, 6) is -0.622. The van der Waals surface area contributed by atoms with Crippen LogP contribution in [0.1, 0.15) is 36.0 Å². The van der Waals surface area contributed by atoms with E-state index in [0.717, 1.165) is 12.8 Å². The molecule has 0 aliphatic heterocycles. The van der Waals surface area contributed by atoms with Crippen molar-refractivity contribution in [1.82, 2.24) is 10.3 Å². The van der Waals surface area contributed by atoms with Gasteiger partial charge in [0.05, 0.1) is 23.9 Å². The first kappa shape index (κ1) is 16.9. The second-order valence-corrected chi connectivity index (χ2v) is 5.69. The van der Waals surface area contributed by atoms with Crippen LogP contribution in [0, 0.1) is 0 Å². The number of pyridine rings is 1. The highest BCUT2D eigenvalue weighted by Gasteiger charge is 2.21. The van der Waals surface area contributed by atoms with Gasteiger partial charge in [0.1, 0.15) is 5.15 Å². The number of hydrogen-bond donors (Lipinski definition) is 3. The average molecular weight is 334 g/mol. The Kier molecular flexibility index (Phi) is 5.90. The van der Waals surface area contributed by atoms with Crippen LogP contribution < -0.4 is 10.6 Å². The highest BCUT2D eigenvalue weighted by atomic mass is 35.5. The van der Waals surface area contributed by atoms with E-state index in [0.29, 0.717) is 18.5 Å². The van der Waals surface area contributed by atoms with Crippen molar-refractivity contribution in [3.63, 3.8) is 0 Å². The van der Waals surface area contributed by atoms with Crippen LogP contribution in [0.15, 0.2) is 12.3 Å². The zero-order chi connectivity index (χ0) is 16.1. The van der Waals surface area contributed by atoms with Gasteiger partial charge in [0.2, 0.25) is 0 Å². The lowest BCUT2D eigenvalue weighted by molar-refractivity contribution is 0.0891. The SMILES string of the molecule is O=C(NCC(F)F)c1cnc(Cl)cc1NC1CCC(O)CC1. The van der Waals surface area contributed by atoms with Gasteiger partial charge in [-0.2, -0.15) is 0 Å². The van der Waals surface area contributed by atoms with E-state index < -0.39 is 18.9 Å². The van der Waals surface area contributed by atoms with Crippen LogP contribution in [0.5, 0.6) is 0 Å². The quantitative estimate of drug-likeness (QED) is 0.724. The molecule has 2 rings (SSSR count). The number of amides is 1. The number of carbonyl (C=O) groups is 1. The number of aromatic nitrogens is 1. The Labute approximate surface area is 132 Å². The summed E-state index contributed by atoms with van der Waals surface area (Å²) in [6.07, 6.45) is 1.27. The number of hydrogen-bond acceptors (Lipinski definition) is 4. The Morgan fingerprint density at radius 1 is 1.41 bits per heavy atom. The first-order valence-corrected chi connectivity index (χ1v) is 7.50. The zero-order valence-corrected chi connectivity index (χ0v) is 12.6. The highest BCUT2D eigenvalue weighted by molar-refractivity contribution is 6.29. The molecule has 1 aliphatic rings. The first-order valence-electron chi connectivity index (χ1n) is 7.12. The summed E-state index contributed by atoms with van der Waals surface area (Å²) in [6.45, 7) is -0.712. The maximum Gasteiger partial charge on any atom is 0.255 e. The van der Waals surface area contributed by atoms with Crippen molar-refractivity contribution < 1.29 is 18.7 Å². The summed E-state index contributed by atoms with van der Waals surface area (Å²) < 4.78 is 24.4. The Bertz CT molecular complexity index is 523. The molecule has 22 heavy (non-hydrogen) atoms. The van der Waals surface area contributed by atoms with Gasteiger partial charge in [-0.05, 0) is 31.7 Å². The zero-order valence-electron chi connectivity index (χ0n) is 11.9. The Morgan fingerprint density at radius 3 is 2.73 bits per heavy atom. The summed E-state index contributed by atoms with van der Waals surface area (Å²) in [7, 11) is 0. The van der Waals surface area contributed by atoms with Crippen LogP contribution in [0.4, 0.5) is 14.5 Å². The molecule has 8 heteroatoms. The molecular formula is C14H18ClF2N3O2. The van der Waals surface area contributed by atoms with Crippen LogP contribution in [0.2, 0.25) is 5.15 Å². The van der Waals surface area contributed by atoms with Crippen molar-refractivity contribution in [3.8, 4) is 0 Å². The molecular weight excluding hydrogens is 316 g/mol. The van der Waals surface area contributed by atoms with Gasteiger partial charge in [-0.15, -0.1) is 0 Å². The number of anilines is 1. The maximum atomic E-state index is 12.2. The molecule has 122 valence electrons. The molecule has 0 spiro atoms. The van der Waals surface area contributed by atoms with Crippen molar-refractivity contribution in [2.75, 3.05) is 11.9 Å². The van der Waals surface area contributed by atoms with Crippen molar-refractivity contribution in [3.05, 3.63) is 23.0 Å². The second kappa shape index (κ2) is 7.69. The van der Waals surface area contributed by atoms with Gasteiger partial charge >= 0.3 is 0 Å². The van der Waals surface area contributed by atoms with Crippen LogP contribution in [-0.2, 0) is 0 Å². The minimum atomic E-state index is -2.61. The molecule has 1 heterocycles. The Hall–Kier alpha value is -1.47. The molecule has 5 nitrogen and oxygen atoms in total. The molecule has 1 aromatic heterocycles. The summed E-state index contributed by atoms with van der Waals surface area (Å²) in [6, 6.07) is 1.60. The molecule has 0 bridgehead atoms. The predicted molar refractivity (Wildman–Crippen MR) is 79.5 cm³/mol. The van der Waals surface area contributed by atoms with Crippen LogP contribution >= 0.6 is 11.6 Å². The van der Waals surface area contributed by atoms with E-state index in [4.69, 9.17) is 11.6 Å².